The Balaban J connectivity index is 1.14. The third kappa shape index (κ3) is 5.86. The summed E-state index contributed by atoms with van der Waals surface area (Å²) < 4.78 is 7.22. The third-order valence-corrected chi connectivity index (χ3v) is 7.02. The average Bonchev–Trinajstić information content (AvgIpc) is 2.94. The number of fused-ring (bicyclic) bond motifs is 1. The second-order valence-electron chi connectivity index (χ2n) is 9.60. The molecule has 8 heteroatoms. The van der Waals surface area contributed by atoms with E-state index in [1.165, 1.54) is 5.56 Å². The Morgan fingerprint density at radius 1 is 1.00 bits per heavy atom. The quantitative estimate of drug-likeness (QED) is 0.380. The Labute approximate surface area is 222 Å². The minimum atomic E-state index is -0.291. The summed E-state index contributed by atoms with van der Waals surface area (Å²) in [4.78, 5) is 33.3. The van der Waals surface area contributed by atoms with Crippen LogP contribution in [0.2, 0.25) is 0 Å². The van der Waals surface area contributed by atoms with Gasteiger partial charge in [0.05, 0.1) is 5.52 Å². The van der Waals surface area contributed by atoms with Crippen molar-refractivity contribution in [2.24, 2.45) is 0 Å². The Morgan fingerprint density at radius 3 is 2.45 bits per heavy atom. The highest BCUT2D eigenvalue weighted by atomic mass is 16.6. The van der Waals surface area contributed by atoms with Gasteiger partial charge >= 0.3 is 6.09 Å². The monoisotopic (exact) mass is 511 g/mol. The molecular weight excluding hydrogens is 478 g/mol. The number of amides is 1. The zero-order valence-corrected chi connectivity index (χ0v) is 21.8. The number of benzene rings is 2. The molecule has 196 valence electrons. The average molecular weight is 512 g/mol. The van der Waals surface area contributed by atoms with Crippen LogP contribution in [0.4, 0.5) is 10.6 Å². The molecule has 1 aliphatic rings. The number of pyridine rings is 2. The molecule has 5 rings (SSSR count). The lowest BCUT2D eigenvalue weighted by Gasteiger charge is -2.34. The molecule has 1 N–H and O–H groups in total. The number of carbonyl (C=O) groups excluding carboxylic acids is 1. The topological polar surface area (TPSA) is 79.7 Å². The van der Waals surface area contributed by atoms with Gasteiger partial charge < -0.3 is 19.5 Å². The van der Waals surface area contributed by atoms with Crippen molar-refractivity contribution in [2.45, 2.75) is 33.0 Å². The number of anilines is 1. The van der Waals surface area contributed by atoms with Crippen molar-refractivity contribution in [1.82, 2.24) is 19.4 Å². The fourth-order valence-electron chi connectivity index (χ4n) is 4.81. The van der Waals surface area contributed by atoms with Gasteiger partial charge in [0.2, 0.25) is 0 Å². The maximum atomic E-state index is 12.4. The fraction of sp³-hybridized carbons (Fsp3) is 0.300. The Morgan fingerprint density at radius 2 is 1.74 bits per heavy atom. The lowest BCUT2D eigenvalue weighted by atomic mass is 10.1. The van der Waals surface area contributed by atoms with Crippen LogP contribution in [0.3, 0.4) is 0 Å². The molecule has 0 radical (unpaired) electrons. The van der Waals surface area contributed by atoms with E-state index in [1.54, 1.807) is 33.9 Å². The fourth-order valence-corrected chi connectivity index (χ4v) is 4.81. The van der Waals surface area contributed by atoms with E-state index >= 15 is 0 Å². The zero-order valence-electron chi connectivity index (χ0n) is 21.8. The van der Waals surface area contributed by atoms with Gasteiger partial charge in [-0.15, -0.1) is 0 Å². The maximum Gasteiger partial charge on any atom is 0.415 e. The smallest absolute Gasteiger partial charge is 0.410 e. The van der Waals surface area contributed by atoms with Gasteiger partial charge in [0.1, 0.15) is 11.6 Å². The molecule has 1 amide bonds. The highest BCUT2D eigenvalue weighted by molar-refractivity contribution is 5.80. The molecule has 3 heterocycles. The van der Waals surface area contributed by atoms with Crippen LogP contribution in [0.5, 0.6) is 5.75 Å². The van der Waals surface area contributed by atoms with E-state index in [0.717, 1.165) is 41.9 Å². The SMILES string of the molecule is CCn1c(=O)ccc2cnc(N[C@@H](C)c3ccc(CN4CCN(C(=O)Oc5ccccc5)CC4)cc3)cc21. The van der Waals surface area contributed by atoms with Crippen LogP contribution in [-0.4, -0.2) is 51.6 Å². The van der Waals surface area contributed by atoms with Crippen molar-refractivity contribution in [3.8, 4) is 5.75 Å². The Hall–Kier alpha value is -4.17. The second-order valence-corrected chi connectivity index (χ2v) is 9.60. The van der Waals surface area contributed by atoms with E-state index in [1.807, 2.05) is 37.3 Å². The van der Waals surface area contributed by atoms with E-state index in [4.69, 9.17) is 4.74 Å². The largest absolute Gasteiger partial charge is 0.415 e. The molecule has 1 saturated heterocycles. The summed E-state index contributed by atoms with van der Waals surface area (Å²) in [6.07, 6.45) is 1.51. The molecule has 2 aromatic heterocycles. The first-order valence-electron chi connectivity index (χ1n) is 13.1. The van der Waals surface area contributed by atoms with Crippen LogP contribution >= 0.6 is 0 Å². The molecular formula is C30H33N5O3. The van der Waals surface area contributed by atoms with Crippen molar-refractivity contribution in [2.75, 3.05) is 31.5 Å². The van der Waals surface area contributed by atoms with Gasteiger partial charge in [-0.05, 0) is 43.2 Å². The zero-order chi connectivity index (χ0) is 26.5. The normalized spacial score (nSPS) is 14.8. The summed E-state index contributed by atoms with van der Waals surface area (Å²) in [6.45, 7) is 8.43. The van der Waals surface area contributed by atoms with Gasteiger partial charge in [-0.2, -0.15) is 0 Å². The summed E-state index contributed by atoms with van der Waals surface area (Å²) in [5, 5.41) is 4.42. The number of aromatic nitrogens is 2. The van der Waals surface area contributed by atoms with Gasteiger partial charge in [-0.1, -0.05) is 42.5 Å². The number of rotatable bonds is 7. The molecule has 1 aliphatic heterocycles. The van der Waals surface area contributed by atoms with Crippen LogP contribution in [0, 0.1) is 0 Å². The third-order valence-electron chi connectivity index (χ3n) is 7.02. The molecule has 38 heavy (non-hydrogen) atoms. The molecule has 0 spiro atoms. The van der Waals surface area contributed by atoms with Crippen molar-refractivity contribution in [3.05, 3.63) is 100 Å². The second kappa shape index (κ2) is 11.5. The first kappa shape index (κ1) is 25.5. The van der Waals surface area contributed by atoms with Crippen molar-refractivity contribution in [1.29, 1.82) is 0 Å². The summed E-state index contributed by atoms with van der Waals surface area (Å²) in [5.74, 6) is 1.31. The highest BCUT2D eigenvalue weighted by Crippen LogP contribution is 2.22. The van der Waals surface area contributed by atoms with Crippen LogP contribution in [0.1, 0.15) is 31.0 Å². The standard InChI is InChI=1S/C30H33N5O3/c1-3-35-27-19-28(31-20-25(27)13-14-29(35)36)32-22(2)24-11-9-23(10-12-24)21-33-15-17-34(18-16-33)30(37)38-26-7-5-4-6-8-26/h4-14,19-20,22H,3,15-18,21H2,1-2H3,(H,31,32)/t22-/m0/s1. The van der Waals surface area contributed by atoms with E-state index in [9.17, 15) is 9.59 Å². The minimum Gasteiger partial charge on any atom is -0.410 e. The molecule has 0 aliphatic carbocycles. The number of ether oxygens (including phenoxy) is 1. The first-order valence-corrected chi connectivity index (χ1v) is 13.1. The van der Waals surface area contributed by atoms with Crippen LogP contribution in [-0.2, 0) is 13.1 Å². The number of nitrogens with zero attached hydrogens (tertiary/aromatic N) is 4. The van der Waals surface area contributed by atoms with Crippen molar-refractivity contribution in [3.63, 3.8) is 0 Å². The van der Waals surface area contributed by atoms with E-state index < -0.39 is 0 Å². The number of hydrogen-bond donors (Lipinski definition) is 1. The molecule has 8 nitrogen and oxygen atoms in total. The van der Waals surface area contributed by atoms with Crippen molar-refractivity contribution < 1.29 is 9.53 Å². The molecule has 4 aromatic rings. The molecule has 1 atom stereocenters. The van der Waals surface area contributed by atoms with Gasteiger partial charge in [0.15, 0.2) is 0 Å². The van der Waals surface area contributed by atoms with Gasteiger partial charge in [-0.25, -0.2) is 9.78 Å². The Bertz CT molecular complexity index is 1440. The minimum absolute atomic E-state index is 0.00526. The van der Waals surface area contributed by atoms with Gasteiger partial charge in [0, 0.05) is 69.0 Å². The van der Waals surface area contributed by atoms with Gasteiger partial charge in [-0.3, -0.25) is 9.69 Å². The molecule has 0 unspecified atom stereocenters. The number of carbonyl (C=O) groups is 1. The lowest BCUT2D eigenvalue weighted by molar-refractivity contribution is 0.108. The van der Waals surface area contributed by atoms with E-state index in [0.29, 0.717) is 25.4 Å². The summed E-state index contributed by atoms with van der Waals surface area (Å²) in [5.41, 5.74) is 3.27. The summed E-state index contributed by atoms with van der Waals surface area (Å²) in [7, 11) is 0. The number of para-hydroxylation sites is 1. The number of hydrogen-bond acceptors (Lipinski definition) is 6. The van der Waals surface area contributed by atoms with Gasteiger partial charge in [0.25, 0.3) is 5.56 Å². The first-order chi connectivity index (χ1) is 18.5. The lowest BCUT2D eigenvalue weighted by Crippen LogP contribution is -2.49. The Kier molecular flexibility index (Phi) is 7.70. The summed E-state index contributed by atoms with van der Waals surface area (Å²) >= 11 is 0. The number of nitrogens with one attached hydrogen (secondary N) is 1. The van der Waals surface area contributed by atoms with Crippen molar-refractivity contribution >= 4 is 22.8 Å². The maximum absolute atomic E-state index is 12.4. The van der Waals surface area contributed by atoms with Crippen LogP contribution < -0.4 is 15.6 Å². The number of piperazine rings is 1. The van der Waals surface area contributed by atoms with E-state index in [-0.39, 0.29) is 17.7 Å². The molecule has 1 fully saturated rings. The predicted octanol–water partition coefficient (Wildman–Crippen LogP) is 4.91. The predicted molar refractivity (Wildman–Crippen MR) is 149 cm³/mol. The molecule has 0 saturated carbocycles. The van der Waals surface area contributed by atoms with Crippen LogP contribution in [0.25, 0.3) is 10.9 Å². The molecule has 0 bridgehead atoms. The van der Waals surface area contributed by atoms with Crippen LogP contribution in [0.15, 0.2) is 83.8 Å². The van der Waals surface area contributed by atoms with E-state index in [2.05, 4.69) is 46.4 Å². The summed E-state index contributed by atoms with van der Waals surface area (Å²) in [6, 6.07) is 23.2. The highest BCUT2D eigenvalue weighted by Gasteiger charge is 2.22. The number of aryl methyl sites for hydroxylation is 1. The molecule has 2 aromatic carbocycles.